The van der Waals surface area contributed by atoms with Gasteiger partial charge in [0.25, 0.3) is 6.47 Å². The molecule has 0 bridgehead atoms. The van der Waals surface area contributed by atoms with Gasteiger partial charge in [-0.05, 0) is 32.4 Å². The van der Waals surface area contributed by atoms with Gasteiger partial charge in [0.15, 0.2) is 0 Å². The van der Waals surface area contributed by atoms with Crippen LogP contribution >= 0.6 is 0 Å². The summed E-state index contributed by atoms with van der Waals surface area (Å²) in [6.07, 6.45) is 7.94. The lowest BCUT2D eigenvalue weighted by Gasteiger charge is -2.02. The molecule has 0 spiro atoms. The molecule has 0 aliphatic carbocycles. The topological polar surface area (TPSA) is 66.4 Å². The van der Waals surface area contributed by atoms with Gasteiger partial charge >= 0.3 is 0 Å². The van der Waals surface area contributed by atoms with Gasteiger partial charge in [-0.3, -0.25) is 4.79 Å². The minimum absolute atomic E-state index is 0.250. The van der Waals surface area contributed by atoms with Crippen molar-refractivity contribution >= 4 is 12.8 Å². The Morgan fingerprint density at radius 2 is 1.72 bits per heavy atom. The molecule has 0 unspecified atom stereocenters. The van der Waals surface area contributed by atoms with E-state index in [4.69, 9.17) is 9.90 Å². The lowest BCUT2D eigenvalue weighted by Crippen LogP contribution is -2.07. The molecule has 0 rings (SSSR count). The van der Waals surface area contributed by atoms with E-state index < -0.39 is 0 Å². The molecule has 0 heterocycles. The standard InChI is InChI=1S/C8H19N.C5H10O.CH2O2/c1-8(2)6-4-5-7-9-3;1-2-3-4-5-6;2-1-3/h8-9H,4-7H2,1-3H3;5H,2-4H2,1H3;1H,(H,2,3). The second-order valence-electron chi connectivity index (χ2n) is 4.41. The number of hydrogen-bond acceptors (Lipinski definition) is 3. The first-order chi connectivity index (χ1) is 8.60. The Balaban J connectivity index is -0.000000216. The van der Waals surface area contributed by atoms with Crippen LogP contribution in [-0.2, 0) is 9.59 Å². The first-order valence-electron chi connectivity index (χ1n) is 6.76. The number of carbonyl (C=O) groups excluding carboxylic acids is 1. The maximum Gasteiger partial charge on any atom is 0.290 e. The fourth-order valence-electron chi connectivity index (χ4n) is 1.14. The summed E-state index contributed by atoms with van der Waals surface area (Å²) in [6.45, 7) is 7.55. The Bertz CT molecular complexity index is 150. The Morgan fingerprint density at radius 1 is 1.17 bits per heavy atom. The van der Waals surface area contributed by atoms with Crippen molar-refractivity contribution in [1.82, 2.24) is 5.32 Å². The largest absolute Gasteiger partial charge is 0.483 e. The van der Waals surface area contributed by atoms with E-state index in [-0.39, 0.29) is 6.47 Å². The summed E-state index contributed by atoms with van der Waals surface area (Å²) >= 11 is 0. The summed E-state index contributed by atoms with van der Waals surface area (Å²) in [5.74, 6) is 0.877. The summed E-state index contributed by atoms with van der Waals surface area (Å²) in [5.41, 5.74) is 0. The monoisotopic (exact) mass is 261 g/mol. The maximum absolute atomic E-state index is 9.56. The Morgan fingerprint density at radius 3 is 2.00 bits per heavy atom. The SMILES string of the molecule is CCCCC=O.CNCCCCC(C)C.O=CO. The van der Waals surface area contributed by atoms with E-state index in [0.717, 1.165) is 31.5 Å². The highest BCUT2D eigenvalue weighted by molar-refractivity contribution is 5.48. The van der Waals surface area contributed by atoms with Crippen LogP contribution in [0.25, 0.3) is 0 Å². The smallest absolute Gasteiger partial charge is 0.290 e. The summed E-state index contributed by atoms with van der Waals surface area (Å²) < 4.78 is 0. The molecule has 0 atom stereocenters. The first kappa shape index (κ1) is 22.3. The number of carboxylic acid groups (broad SMARTS) is 1. The van der Waals surface area contributed by atoms with Gasteiger partial charge in [0.05, 0.1) is 0 Å². The Kier molecular flexibility index (Phi) is 31.1. The number of aldehydes is 1. The third-order valence-corrected chi connectivity index (χ3v) is 2.13. The third-order valence-electron chi connectivity index (χ3n) is 2.13. The molecule has 0 aliphatic rings. The van der Waals surface area contributed by atoms with Crippen LogP contribution in [0.4, 0.5) is 0 Å². The molecule has 0 saturated carbocycles. The molecule has 4 nitrogen and oxygen atoms in total. The highest BCUT2D eigenvalue weighted by atomic mass is 16.3. The lowest BCUT2D eigenvalue weighted by molar-refractivity contribution is -0.122. The van der Waals surface area contributed by atoms with Crippen molar-refractivity contribution in [3.63, 3.8) is 0 Å². The highest BCUT2D eigenvalue weighted by Gasteiger charge is 1.91. The Labute approximate surface area is 112 Å². The molecule has 0 radical (unpaired) electrons. The minimum atomic E-state index is -0.250. The number of carbonyl (C=O) groups is 2. The van der Waals surface area contributed by atoms with E-state index in [0.29, 0.717) is 0 Å². The number of unbranched alkanes of at least 4 members (excludes halogenated alkanes) is 3. The second kappa shape index (κ2) is 25.1. The zero-order valence-electron chi connectivity index (χ0n) is 12.4. The summed E-state index contributed by atoms with van der Waals surface area (Å²) in [6, 6.07) is 0. The molecule has 0 fully saturated rings. The average Bonchev–Trinajstić information content (AvgIpc) is 2.34. The van der Waals surface area contributed by atoms with E-state index in [1.807, 2.05) is 7.05 Å². The van der Waals surface area contributed by atoms with Crippen molar-refractivity contribution in [2.45, 2.75) is 59.3 Å². The summed E-state index contributed by atoms with van der Waals surface area (Å²) in [5, 5.41) is 10.0. The van der Waals surface area contributed by atoms with E-state index in [9.17, 15) is 4.79 Å². The van der Waals surface area contributed by atoms with Crippen molar-refractivity contribution in [2.75, 3.05) is 13.6 Å². The molecule has 0 aromatic rings. The average molecular weight is 261 g/mol. The van der Waals surface area contributed by atoms with Crippen LogP contribution < -0.4 is 5.32 Å². The van der Waals surface area contributed by atoms with Gasteiger partial charge in [0, 0.05) is 6.42 Å². The van der Waals surface area contributed by atoms with Crippen LogP contribution in [0.2, 0.25) is 0 Å². The number of rotatable bonds is 8. The van der Waals surface area contributed by atoms with Gasteiger partial charge in [-0.15, -0.1) is 0 Å². The van der Waals surface area contributed by atoms with Crippen LogP contribution in [0.5, 0.6) is 0 Å². The van der Waals surface area contributed by atoms with Crippen LogP contribution in [0.3, 0.4) is 0 Å². The van der Waals surface area contributed by atoms with Crippen molar-refractivity contribution in [1.29, 1.82) is 0 Å². The van der Waals surface area contributed by atoms with Crippen molar-refractivity contribution in [3.8, 4) is 0 Å². The van der Waals surface area contributed by atoms with Crippen LogP contribution in [0.15, 0.2) is 0 Å². The van der Waals surface area contributed by atoms with E-state index in [1.54, 1.807) is 0 Å². The Hall–Kier alpha value is -0.900. The van der Waals surface area contributed by atoms with Crippen LogP contribution in [-0.4, -0.2) is 31.5 Å². The molecule has 4 heteroatoms. The fourth-order valence-corrected chi connectivity index (χ4v) is 1.14. The molecule has 0 aromatic heterocycles. The maximum atomic E-state index is 9.56. The van der Waals surface area contributed by atoms with E-state index in [2.05, 4.69) is 26.1 Å². The predicted molar refractivity (Wildman–Crippen MR) is 76.9 cm³/mol. The van der Waals surface area contributed by atoms with Gasteiger partial charge in [0.2, 0.25) is 0 Å². The summed E-state index contributed by atoms with van der Waals surface area (Å²) in [7, 11) is 2.01. The zero-order valence-corrected chi connectivity index (χ0v) is 12.4. The van der Waals surface area contributed by atoms with Crippen LogP contribution in [0.1, 0.15) is 59.3 Å². The molecule has 110 valence electrons. The van der Waals surface area contributed by atoms with Gasteiger partial charge in [0.1, 0.15) is 6.29 Å². The molecule has 0 aliphatic heterocycles. The third kappa shape index (κ3) is 45.8. The first-order valence-corrected chi connectivity index (χ1v) is 6.76. The molecule has 0 saturated heterocycles. The van der Waals surface area contributed by atoms with Gasteiger partial charge in [-0.25, -0.2) is 0 Å². The number of hydrogen-bond donors (Lipinski definition) is 2. The predicted octanol–water partition coefficient (Wildman–Crippen LogP) is 3.11. The van der Waals surface area contributed by atoms with Crippen molar-refractivity contribution in [2.24, 2.45) is 5.92 Å². The summed E-state index contributed by atoms with van der Waals surface area (Å²) in [4.78, 5) is 17.9. The second-order valence-corrected chi connectivity index (χ2v) is 4.41. The molecule has 0 aromatic carbocycles. The van der Waals surface area contributed by atoms with Gasteiger partial charge < -0.3 is 15.2 Å². The molecule has 18 heavy (non-hydrogen) atoms. The van der Waals surface area contributed by atoms with E-state index >= 15 is 0 Å². The van der Waals surface area contributed by atoms with Crippen molar-refractivity contribution in [3.05, 3.63) is 0 Å². The molecular weight excluding hydrogens is 230 g/mol. The minimum Gasteiger partial charge on any atom is -0.483 e. The molecular formula is C14H31NO3. The quantitative estimate of drug-likeness (QED) is 0.520. The molecule has 2 N–H and O–H groups in total. The highest BCUT2D eigenvalue weighted by Crippen LogP contribution is 2.04. The zero-order chi connectivity index (χ0) is 14.6. The van der Waals surface area contributed by atoms with Crippen molar-refractivity contribution < 1.29 is 14.7 Å². The lowest BCUT2D eigenvalue weighted by atomic mass is 10.1. The van der Waals surface area contributed by atoms with E-state index in [1.165, 1.54) is 25.8 Å². The molecule has 0 amide bonds. The van der Waals surface area contributed by atoms with Gasteiger partial charge in [-0.1, -0.05) is 40.0 Å². The van der Waals surface area contributed by atoms with Crippen LogP contribution in [0, 0.1) is 5.92 Å². The normalized spacial score (nSPS) is 8.72. The number of nitrogens with one attached hydrogen (secondary N) is 1. The fraction of sp³-hybridized carbons (Fsp3) is 0.857. The van der Waals surface area contributed by atoms with Gasteiger partial charge in [-0.2, -0.15) is 0 Å².